The second kappa shape index (κ2) is 10.8. The standard InChI is InChI=1S/C25H26N2O5S/c1-3-27(22-12-8-5-9-13-22)33(30,31)23-16-14-21(15-17-23)25(29)32-18-24(28)26-19(2)20-10-6-4-7-11-20/h4-17,19H,3,18H2,1-2H3,(H,26,28)/t19-/m1/s1. The van der Waals surface area contributed by atoms with E-state index in [0.717, 1.165) is 5.56 Å². The summed E-state index contributed by atoms with van der Waals surface area (Å²) in [4.78, 5) is 24.5. The first kappa shape index (κ1) is 24.0. The molecule has 8 heteroatoms. The Kier molecular flexibility index (Phi) is 7.84. The molecule has 7 nitrogen and oxygen atoms in total. The number of hydrogen-bond donors (Lipinski definition) is 1. The Balaban J connectivity index is 1.61. The van der Waals surface area contributed by atoms with Crippen LogP contribution in [-0.4, -0.2) is 33.4 Å². The van der Waals surface area contributed by atoms with Crippen molar-refractivity contribution in [2.24, 2.45) is 0 Å². The summed E-state index contributed by atoms with van der Waals surface area (Å²) in [6, 6.07) is 23.4. The Morgan fingerprint density at radius 2 is 1.48 bits per heavy atom. The lowest BCUT2D eigenvalue weighted by Gasteiger charge is -2.22. The number of benzene rings is 3. The summed E-state index contributed by atoms with van der Waals surface area (Å²) in [5.74, 6) is -1.14. The molecule has 33 heavy (non-hydrogen) atoms. The van der Waals surface area contributed by atoms with Crippen molar-refractivity contribution in [1.29, 1.82) is 0 Å². The molecule has 0 spiro atoms. The summed E-state index contributed by atoms with van der Waals surface area (Å²) < 4.78 is 32.4. The van der Waals surface area contributed by atoms with Gasteiger partial charge in [-0.05, 0) is 55.8 Å². The molecule has 0 unspecified atom stereocenters. The van der Waals surface area contributed by atoms with E-state index < -0.39 is 28.5 Å². The van der Waals surface area contributed by atoms with Crippen LogP contribution in [0.15, 0.2) is 89.8 Å². The minimum atomic E-state index is -3.80. The molecule has 3 aromatic carbocycles. The van der Waals surface area contributed by atoms with E-state index in [2.05, 4.69) is 5.32 Å². The number of sulfonamides is 1. The average molecular weight is 467 g/mol. The monoisotopic (exact) mass is 466 g/mol. The van der Waals surface area contributed by atoms with Crippen LogP contribution in [0.4, 0.5) is 5.69 Å². The second-order valence-corrected chi connectivity index (χ2v) is 9.17. The highest BCUT2D eigenvalue weighted by Gasteiger charge is 2.24. The molecule has 3 aromatic rings. The number of amides is 1. The summed E-state index contributed by atoms with van der Waals surface area (Å²) >= 11 is 0. The fourth-order valence-electron chi connectivity index (χ4n) is 3.30. The van der Waals surface area contributed by atoms with Gasteiger partial charge in [-0.1, -0.05) is 48.5 Å². The third kappa shape index (κ3) is 5.98. The molecule has 0 heterocycles. The maximum Gasteiger partial charge on any atom is 0.338 e. The van der Waals surface area contributed by atoms with Gasteiger partial charge in [-0.3, -0.25) is 9.10 Å². The van der Waals surface area contributed by atoms with Crippen LogP contribution in [0.25, 0.3) is 0 Å². The van der Waals surface area contributed by atoms with E-state index in [0.29, 0.717) is 5.69 Å². The predicted molar refractivity (Wildman–Crippen MR) is 126 cm³/mol. The van der Waals surface area contributed by atoms with E-state index in [1.54, 1.807) is 31.2 Å². The number of ether oxygens (including phenoxy) is 1. The summed E-state index contributed by atoms with van der Waals surface area (Å²) in [6.07, 6.45) is 0. The largest absolute Gasteiger partial charge is 0.452 e. The maximum absolute atomic E-state index is 13.0. The summed E-state index contributed by atoms with van der Waals surface area (Å²) in [6.45, 7) is 3.41. The zero-order valence-electron chi connectivity index (χ0n) is 18.5. The number of rotatable bonds is 9. The highest BCUT2D eigenvalue weighted by molar-refractivity contribution is 7.92. The Hall–Kier alpha value is -3.65. The van der Waals surface area contributed by atoms with Crippen molar-refractivity contribution < 1.29 is 22.7 Å². The predicted octanol–water partition coefficient (Wildman–Crippen LogP) is 3.94. The van der Waals surface area contributed by atoms with Gasteiger partial charge in [0.05, 0.1) is 22.2 Å². The smallest absolute Gasteiger partial charge is 0.338 e. The van der Waals surface area contributed by atoms with Gasteiger partial charge in [0, 0.05) is 6.54 Å². The third-order valence-corrected chi connectivity index (χ3v) is 6.94. The van der Waals surface area contributed by atoms with Crippen LogP contribution < -0.4 is 9.62 Å². The number of nitrogens with one attached hydrogen (secondary N) is 1. The number of para-hydroxylation sites is 1. The normalized spacial score (nSPS) is 11.9. The first-order valence-corrected chi connectivity index (χ1v) is 12.0. The average Bonchev–Trinajstić information content (AvgIpc) is 2.84. The zero-order valence-corrected chi connectivity index (χ0v) is 19.3. The second-order valence-electron chi connectivity index (χ2n) is 7.31. The lowest BCUT2D eigenvalue weighted by Crippen LogP contribution is -2.31. The van der Waals surface area contributed by atoms with Crippen LogP contribution in [0.1, 0.15) is 35.8 Å². The van der Waals surface area contributed by atoms with E-state index >= 15 is 0 Å². The summed E-state index contributed by atoms with van der Waals surface area (Å²) in [5, 5.41) is 2.77. The minimum absolute atomic E-state index is 0.0548. The Morgan fingerprint density at radius 1 is 0.909 bits per heavy atom. The molecule has 0 radical (unpaired) electrons. The lowest BCUT2D eigenvalue weighted by molar-refractivity contribution is -0.124. The van der Waals surface area contributed by atoms with Gasteiger partial charge in [0.1, 0.15) is 0 Å². The zero-order chi connectivity index (χ0) is 23.8. The molecule has 0 aliphatic carbocycles. The van der Waals surface area contributed by atoms with Crippen molar-refractivity contribution in [3.63, 3.8) is 0 Å². The van der Waals surface area contributed by atoms with E-state index in [1.807, 2.05) is 43.3 Å². The first-order valence-electron chi connectivity index (χ1n) is 10.5. The molecule has 0 saturated heterocycles. The van der Waals surface area contributed by atoms with E-state index in [9.17, 15) is 18.0 Å². The van der Waals surface area contributed by atoms with Gasteiger partial charge < -0.3 is 10.1 Å². The van der Waals surface area contributed by atoms with Crippen LogP contribution >= 0.6 is 0 Å². The van der Waals surface area contributed by atoms with Crippen molar-refractivity contribution in [1.82, 2.24) is 5.32 Å². The Bertz CT molecular complexity index is 1180. The molecule has 1 N–H and O–H groups in total. The molecule has 0 aliphatic heterocycles. The van der Waals surface area contributed by atoms with Gasteiger partial charge in [-0.2, -0.15) is 0 Å². The molecule has 0 bridgehead atoms. The molecule has 1 atom stereocenters. The van der Waals surface area contributed by atoms with Gasteiger partial charge >= 0.3 is 5.97 Å². The third-order valence-electron chi connectivity index (χ3n) is 5.02. The van der Waals surface area contributed by atoms with Gasteiger partial charge in [0.25, 0.3) is 15.9 Å². The number of esters is 1. The fourth-order valence-corrected chi connectivity index (χ4v) is 4.77. The van der Waals surface area contributed by atoms with Crippen molar-refractivity contribution in [2.75, 3.05) is 17.5 Å². The van der Waals surface area contributed by atoms with Crippen molar-refractivity contribution in [2.45, 2.75) is 24.8 Å². The van der Waals surface area contributed by atoms with Gasteiger partial charge in [-0.15, -0.1) is 0 Å². The molecule has 1 amide bonds. The van der Waals surface area contributed by atoms with E-state index in [4.69, 9.17) is 4.74 Å². The van der Waals surface area contributed by atoms with Crippen LogP contribution in [0.3, 0.4) is 0 Å². The molecule has 0 fully saturated rings. The highest BCUT2D eigenvalue weighted by Crippen LogP contribution is 2.23. The topological polar surface area (TPSA) is 92.8 Å². The molecule has 0 saturated carbocycles. The Morgan fingerprint density at radius 3 is 2.06 bits per heavy atom. The van der Waals surface area contributed by atoms with Crippen molar-refractivity contribution in [3.05, 3.63) is 96.1 Å². The number of nitrogens with zero attached hydrogens (tertiary/aromatic N) is 1. The fraction of sp³-hybridized carbons (Fsp3) is 0.200. The molecule has 0 aromatic heterocycles. The molecule has 0 aliphatic rings. The molecular weight excluding hydrogens is 440 g/mol. The maximum atomic E-state index is 13.0. The number of anilines is 1. The quantitative estimate of drug-likeness (QED) is 0.482. The SMILES string of the molecule is CCN(c1ccccc1)S(=O)(=O)c1ccc(C(=O)OCC(=O)N[C@H](C)c2ccccc2)cc1. The number of carbonyl (C=O) groups excluding carboxylic acids is 2. The van der Waals surface area contributed by atoms with Crippen LogP contribution in [0.2, 0.25) is 0 Å². The first-order chi connectivity index (χ1) is 15.8. The van der Waals surface area contributed by atoms with Gasteiger partial charge in [-0.25, -0.2) is 13.2 Å². The highest BCUT2D eigenvalue weighted by atomic mass is 32.2. The minimum Gasteiger partial charge on any atom is -0.452 e. The number of hydrogen-bond acceptors (Lipinski definition) is 5. The molecule has 3 rings (SSSR count). The van der Waals surface area contributed by atoms with Crippen LogP contribution in [-0.2, 0) is 19.6 Å². The lowest BCUT2D eigenvalue weighted by atomic mass is 10.1. The summed E-state index contributed by atoms with van der Waals surface area (Å²) in [5.41, 5.74) is 1.64. The van der Waals surface area contributed by atoms with Crippen LogP contribution in [0.5, 0.6) is 0 Å². The van der Waals surface area contributed by atoms with Crippen molar-refractivity contribution >= 4 is 27.6 Å². The molecule has 172 valence electrons. The van der Waals surface area contributed by atoms with E-state index in [-0.39, 0.29) is 23.0 Å². The molecular formula is C25H26N2O5S. The van der Waals surface area contributed by atoms with Crippen molar-refractivity contribution in [3.8, 4) is 0 Å². The van der Waals surface area contributed by atoms with Gasteiger partial charge in [0.2, 0.25) is 0 Å². The van der Waals surface area contributed by atoms with Gasteiger partial charge in [0.15, 0.2) is 6.61 Å². The Labute approximate surface area is 194 Å². The van der Waals surface area contributed by atoms with Crippen LogP contribution in [0, 0.1) is 0 Å². The summed E-state index contributed by atoms with van der Waals surface area (Å²) in [7, 11) is -3.80. The van der Waals surface area contributed by atoms with E-state index in [1.165, 1.54) is 28.6 Å². The number of carbonyl (C=O) groups is 2.